The Morgan fingerprint density at radius 1 is 1.24 bits per heavy atom. The first kappa shape index (κ1) is 30.4. The van der Waals surface area contributed by atoms with Crippen LogP contribution in [0, 0.1) is 5.92 Å². The summed E-state index contributed by atoms with van der Waals surface area (Å²) in [7, 11) is -3.59. The van der Waals surface area contributed by atoms with Crippen molar-refractivity contribution in [1.82, 2.24) is 33.7 Å². The van der Waals surface area contributed by atoms with Crippen molar-refractivity contribution in [3.8, 4) is 17.0 Å². The minimum atomic E-state index is -3.59. The second-order valence-electron chi connectivity index (χ2n) is 10.7. The number of aromatic nitrogens is 6. The summed E-state index contributed by atoms with van der Waals surface area (Å²) in [5.74, 6) is 0.968. The van der Waals surface area contributed by atoms with Gasteiger partial charge in [-0.15, -0.1) is 5.10 Å². The van der Waals surface area contributed by atoms with Crippen LogP contribution in [0.4, 0.5) is 5.95 Å². The summed E-state index contributed by atoms with van der Waals surface area (Å²) < 4.78 is 43.5. The van der Waals surface area contributed by atoms with Crippen LogP contribution in [0.15, 0.2) is 47.9 Å². The van der Waals surface area contributed by atoms with Crippen molar-refractivity contribution in [2.45, 2.75) is 69.6 Å². The number of hydrogen-bond acceptors (Lipinski definition) is 9. The van der Waals surface area contributed by atoms with Gasteiger partial charge in [-0.3, -0.25) is 0 Å². The molecule has 3 atom stereocenters. The highest BCUT2D eigenvalue weighted by Gasteiger charge is 2.34. The highest BCUT2D eigenvalue weighted by atomic mass is 79.9. The lowest BCUT2D eigenvalue weighted by Gasteiger charge is -2.36. The molecule has 226 valence electrons. The van der Waals surface area contributed by atoms with Gasteiger partial charge in [-0.25, -0.2) is 18.1 Å². The third-order valence-electron chi connectivity index (χ3n) is 7.23. The van der Waals surface area contributed by atoms with E-state index in [0.717, 1.165) is 11.1 Å². The topological polar surface area (TPSA) is 129 Å². The fourth-order valence-electron chi connectivity index (χ4n) is 5.07. The van der Waals surface area contributed by atoms with Crippen molar-refractivity contribution in [2.24, 2.45) is 5.92 Å². The monoisotopic (exact) mass is 660 g/mol. The summed E-state index contributed by atoms with van der Waals surface area (Å²) in [6.07, 6.45) is 5.50. The number of alkyl halides is 1. The molecule has 0 radical (unpaired) electrons. The number of rotatable bonds is 11. The molecule has 12 nitrogen and oxygen atoms in total. The Balaban J connectivity index is 1.36. The predicted octanol–water partition coefficient (Wildman–Crippen LogP) is 4.74. The fraction of sp³-hybridized carbons (Fsp3) is 0.500. The van der Waals surface area contributed by atoms with Crippen molar-refractivity contribution in [3.05, 3.63) is 48.5 Å². The molecule has 0 spiro atoms. The van der Waals surface area contributed by atoms with Gasteiger partial charge in [0.2, 0.25) is 21.6 Å². The van der Waals surface area contributed by atoms with E-state index >= 15 is 0 Å². The number of hydrogen-bond donors (Lipinski definition) is 1. The first-order valence-electron chi connectivity index (χ1n) is 14.1. The van der Waals surface area contributed by atoms with E-state index in [1.165, 1.54) is 0 Å². The number of benzene rings is 1. The minimum absolute atomic E-state index is 0.0112. The van der Waals surface area contributed by atoms with Crippen LogP contribution in [0.2, 0.25) is 0 Å². The first-order chi connectivity index (χ1) is 20.1. The maximum absolute atomic E-state index is 13.4. The van der Waals surface area contributed by atoms with Gasteiger partial charge in [-0.05, 0) is 57.7 Å². The summed E-state index contributed by atoms with van der Waals surface area (Å²) in [6, 6.07) is 7.05. The molecule has 1 aliphatic rings. The minimum Gasteiger partial charge on any atom is -0.485 e. The maximum atomic E-state index is 13.4. The molecule has 0 amide bonds. The molecule has 42 heavy (non-hydrogen) atoms. The molecule has 0 bridgehead atoms. The highest BCUT2D eigenvalue weighted by molar-refractivity contribution is 9.08. The lowest BCUT2D eigenvalue weighted by Crippen LogP contribution is -2.47. The standard InChI is InChI=1S/C28H37BrN8O4S/c1-6-40-20(5)36-16-22(14-31-36)25-26(41-18(2)3)27-33-28(34-37(27)17-30-25)32-24-10-11-35(15-19(24)4)42(38,39)23-9-7-8-21(12-23)13-29/h7-9,12,14,16-20,24H,6,10-11,13,15H2,1-5H3,(H,32,34)/t19-,20?,24+/m1/s1. The molecule has 1 aromatic carbocycles. The fourth-order valence-corrected chi connectivity index (χ4v) is 7.04. The average molecular weight is 662 g/mol. The summed E-state index contributed by atoms with van der Waals surface area (Å²) in [5, 5.41) is 13.1. The number of anilines is 1. The highest BCUT2D eigenvalue weighted by Crippen LogP contribution is 2.33. The van der Waals surface area contributed by atoms with Gasteiger partial charge in [-0.2, -0.15) is 18.9 Å². The van der Waals surface area contributed by atoms with Crippen LogP contribution in [0.5, 0.6) is 5.75 Å². The largest absolute Gasteiger partial charge is 0.485 e. The van der Waals surface area contributed by atoms with Crippen LogP contribution in [-0.4, -0.2) is 73.9 Å². The molecular weight excluding hydrogens is 624 g/mol. The molecule has 0 aliphatic carbocycles. The zero-order valence-electron chi connectivity index (χ0n) is 24.4. The van der Waals surface area contributed by atoms with Crippen molar-refractivity contribution in [1.29, 1.82) is 0 Å². The van der Waals surface area contributed by atoms with E-state index in [0.29, 0.717) is 59.4 Å². The Morgan fingerprint density at radius 3 is 2.76 bits per heavy atom. The molecule has 3 aromatic heterocycles. The van der Waals surface area contributed by atoms with E-state index in [4.69, 9.17) is 14.5 Å². The molecule has 5 rings (SSSR count). The molecule has 1 aliphatic heterocycles. The van der Waals surface area contributed by atoms with Crippen LogP contribution in [0.1, 0.15) is 52.8 Å². The average Bonchev–Trinajstić information content (AvgIpc) is 3.62. The van der Waals surface area contributed by atoms with Crippen molar-refractivity contribution >= 4 is 37.5 Å². The second kappa shape index (κ2) is 12.7. The van der Waals surface area contributed by atoms with Gasteiger partial charge in [0.25, 0.3) is 0 Å². The van der Waals surface area contributed by atoms with Gasteiger partial charge < -0.3 is 14.8 Å². The number of sulfonamides is 1. The van der Waals surface area contributed by atoms with E-state index in [-0.39, 0.29) is 24.3 Å². The molecule has 14 heteroatoms. The van der Waals surface area contributed by atoms with Crippen molar-refractivity contribution < 1.29 is 17.9 Å². The van der Waals surface area contributed by atoms with Gasteiger partial charge >= 0.3 is 0 Å². The molecule has 1 N–H and O–H groups in total. The summed E-state index contributed by atoms with van der Waals surface area (Å²) in [4.78, 5) is 9.73. The van der Waals surface area contributed by atoms with Crippen molar-refractivity contribution in [3.63, 3.8) is 0 Å². The lowest BCUT2D eigenvalue weighted by atomic mass is 9.95. The Labute approximate surface area is 254 Å². The molecule has 1 fully saturated rings. The second-order valence-corrected chi connectivity index (χ2v) is 13.2. The van der Waals surface area contributed by atoms with Gasteiger partial charge in [0, 0.05) is 42.8 Å². The molecule has 0 saturated carbocycles. The number of halogens is 1. The van der Waals surface area contributed by atoms with E-state index < -0.39 is 10.0 Å². The molecule has 4 heterocycles. The van der Waals surface area contributed by atoms with Crippen LogP contribution in [0.25, 0.3) is 16.9 Å². The quantitative estimate of drug-likeness (QED) is 0.227. The molecular formula is C28H37BrN8O4S. The third kappa shape index (κ3) is 6.31. The smallest absolute Gasteiger partial charge is 0.243 e. The third-order valence-corrected chi connectivity index (χ3v) is 9.74. The normalized spacial score (nSPS) is 18.9. The van der Waals surface area contributed by atoms with Crippen molar-refractivity contribution in [2.75, 3.05) is 25.0 Å². The lowest BCUT2D eigenvalue weighted by molar-refractivity contribution is 0.0160. The van der Waals surface area contributed by atoms with E-state index in [9.17, 15) is 8.42 Å². The first-order valence-corrected chi connectivity index (χ1v) is 16.7. The number of piperidine rings is 1. The summed E-state index contributed by atoms with van der Waals surface area (Å²) in [5.41, 5.74) is 2.84. The van der Waals surface area contributed by atoms with Crippen LogP contribution >= 0.6 is 15.9 Å². The number of ether oxygens (including phenoxy) is 2. The van der Waals surface area contributed by atoms with E-state index in [1.807, 2.05) is 46.9 Å². The van der Waals surface area contributed by atoms with Crippen LogP contribution in [0.3, 0.4) is 0 Å². The van der Waals surface area contributed by atoms with Crippen LogP contribution < -0.4 is 10.1 Å². The van der Waals surface area contributed by atoms with Gasteiger partial charge in [-0.1, -0.05) is 35.0 Å². The zero-order chi connectivity index (χ0) is 30.0. The molecule has 1 saturated heterocycles. The van der Waals surface area contributed by atoms with Gasteiger partial charge in [0.1, 0.15) is 18.2 Å². The Bertz CT molecular complexity index is 1640. The van der Waals surface area contributed by atoms with Gasteiger partial charge in [0.05, 0.1) is 17.2 Å². The van der Waals surface area contributed by atoms with E-state index in [2.05, 4.69) is 36.4 Å². The molecule has 1 unspecified atom stereocenters. The molecule has 4 aromatic rings. The number of nitrogens with zero attached hydrogens (tertiary/aromatic N) is 7. The summed E-state index contributed by atoms with van der Waals surface area (Å²) >= 11 is 3.41. The Kier molecular flexibility index (Phi) is 9.16. The van der Waals surface area contributed by atoms with Gasteiger partial charge in [0.15, 0.2) is 5.75 Å². The zero-order valence-corrected chi connectivity index (χ0v) is 26.8. The number of nitrogens with one attached hydrogen (secondary N) is 1. The predicted molar refractivity (Wildman–Crippen MR) is 163 cm³/mol. The maximum Gasteiger partial charge on any atom is 0.243 e. The Morgan fingerprint density at radius 2 is 2.05 bits per heavy atom. The number of fused-ring (bicyclic) bond motifs is 1. The van der Waals surface area contributed by atoms with Crippen LogP contribution in [-0.2, 0) is 20.1 Å². The Hall–Kier alpha value is -3.07. The SMILES string of the molecule is CCOC(C)n1cc(-c2ncn3nc(N[C@H]4CCN(S(=O)(=O)c5cccc(CBr)c5)C[C@H]4C)nc3c2OC(C)C)cn1. The summed E-state index contributed by atoms with van der Waals surface area (Å²) in [6.45, 7) is 11.2. The van der Waals surface area contributed by atoms with E-state index in [1.54, 1.807) is 44.2 Å².